The van der Waals surface area contributed by atoms with Crippen LogP contribution in [0.4, 0.5) is 0 Å². The molecule has 0 saturated carbocycles. The fraction of sp³-hybridized carbons (Fsp3) is 0.333. The zero-order valence-electron chi connectivity index (χ0n) is 10.8. The maximum atomic E-state index is 11.8. The number of furan rings is 1. The molecule has 106 valence electrons. The van der Waals surface area contributed by atoms with E-state index in [1.807, 2.05) is 0 Å². The molecule has 2 rings (SSSR count). The molecular weight excluding hydrogens is 264 g/mol. The highest BCUT2D eigenvalue weighted by Gasteiger charge is 2.13. The van der Waals surface area contributed by atoms with Crippen molar-refractivity contribution in [2.75, 3.05) is 0 Å². The van der Waals surface area contributed by atoms with Crippen LogP contribution in [0.25, 0.3) is 0 Å². The third-order valence-corrected chi connectivity index (χ3v) is 2.57. The molecule has 0 aliphatic heterocycles. The molecule has 0 fully saturated rings. The summed E-state index contributed by atoms with van der Waals surface area (Å²) in [4.78, 5) is 22.3. The first-order valence-corrected chi connectivity index (χ1v) is 5.98. The lowest BCUT2D eigenvalue weighted by Crippen LogP contribution is -2.30. The molecule has 2 aromatic heterocycles. The monoisotopic (exact) mass is 278 g/mol. The molecule has 20 heavy (non-hydrogen) atoms. The van der Waals surface area contributed by atoms with Gasteiger partial charge in [-0.25, -0.2) is 4.68 Å². The number of aromatic nitrogens is 3. The number of carbonyl (C=O) groups excluding carboxylic acids is 1. The van der Waals surface area contributed by atoms with Gasteiger partial charge in [0.2, 0.25) is 5.91 Å². The number of carbonyl (C=O) groups is 2. The summed E-state index contributed by atoms with van der Waals surface area (Å²) < 4.78 is 6.47. The third kappa shape index (κ3) is 3.67. The van der Waals surface area contributed by atoms with Gasteiger partial charge in [-0.05, 0) is 19.1 Å². The van der Waals surface area contributed by atoms with Crippen molar-refractivity contribution in [3.8, 4) is 0 Å². The van der Waals surface area contributed by atoms with Crippen molar-refractivity contribution in [1.82, 2.24) is 20.3 Å². The van der Waals surface area contributed by atoms with Crippen molar-refractivity contribution in [2.45, 2.75) is 25.9 Å². The standard InChI is InChI=1S/C12H14N4O4/c1-8(10-3-2-4-20-10)13-11(17)7-16-6-9(14-15-16)5-12(18)19/h2-4,6,8H,5,7H2,1H3,(H,13,17)(H,18,19). The molecule has 2 aromatic rings. The first-order valence-electron chi connectivity index (χ1n) is 5.98. The Morgan fingerprint density at radius 3 is 3.00 bits per heavy atom. The van der Waals surface area contributed by atoms with E-state index in [4.69, 9.17) is 9.52 Å². The Kier molecular flexibility index (Phi) is 4.14. The maximum absolute atomic E-state index is 11.8. The molecule has 0 bridgehead atoms. The summed E-state index contributed by atoms with van der Waals surface area (Å²) in [6.45, 7) is 1.77. The Morgan fingerprint density at radius 1 is 1.55 bits per heavy atom. The Balaban J connectivity index is 1.88. The van der Waals surface area contributed by atoms with Crippen molar-refractivity contribution in [3.63, 3.8) is 0 Å². The molecule has 0 aliphatic carbocycles. The van der Waals surface area contributed by atoms with Crippen LogP contribution in [0.1, 0.15) is 24.4 Å². The van der Waals surface area contributed by atoms with Crippen LogP contribution in [-0.2, 0) is 22.6 Å². The van der Waals surface area contributed by atoms with Gasteiger partial charge in [0.25, 0.3) is 0 Å². The highest BCUT2D eigenvalue weighted by atomic mass is 16.4. The highest BCUT2D eigenvalue weighted by molar-refractivity contribution is 5.76. The van der Waals surface area contributed by atoms with E-state index >= 15 is 0 Å². The molecule has 1 unspecified atom stereocenters. The first-order chi connectivity index (χ1) is 9.54. The molecule has 1 atom stereocenters. The van der Waals surface area contributed by atoms with E-state index in [0.717, 1.165) is 0 Å². The van der Waals surface area contributed by atoms with Gasteiger partial charge in [0.15, 0.2) is 0 Å². The van der Waals surface area contributed by atoms with Gasteiger partial charge in [-0.3, -0.25) is 9.59 Å². The lowest BCUT2D eigenvalue weighted by Gasteiger charge is -2.10. The molecule has 1 amide bonds. The van der Waals surface area contributed by atoms with Crippen LogP contribution in [-0.4, -0.2) is 32.0 Å². The van der Waals surface area contributed by atoms with Crippen LogP contribution in [0.15, 0.2) is 29.0 Å². The Morgan fingerprint density at radius 2 is 2.35 bits per heavy atom. The second-order valence-electron chi connectivity index (χ2n) is 4.28. The number of amides is 1. The fourth-order valence-electron chi connectivity index (χ4n) is 1.69. The summed E-state index contributed by atoms with van der Waals surface area (Å²) in [5, 5.41) is 18.7. The van der Waals surface area contributed by atoms with Crippen molar-refractivity contribution in [1.29, 1.82) is 0 Å². The topological polar surface area (TPSA) is 110 Å². The van der Waals surface area contributed by atoms with E-state index in [1.165, 1.54) is 17.1 Å². The van der Waals surface area contributed by atoms with Crippen LogP contribution in [0.5, 0.6) is 0 Å². The summed E-state index contributed by atoms with van der Waals surface area (Å²) in [7, 11) is 0. The van der Waals surface area contributed by atoms with E-state index in [-0.39, 0.29) is 24.9 Å². The van der Waals surface area contributed by atoms with Gasteiger partial charge in [-0.2, -0.15) is 0 Å². The normalized spacial score (nSPS) is 12.1. The largest absolute Gasteiger partial charge is 0.481 e. The average Bonchev–Trinajstić information content (AvgIpc) is 2.99. The number of aliphatic carboxylic acids is 1. The van der Waals surface area contributed by atoms with Crippen molar-refractivity contribution >= 4 is 11.9 Å². The second-order valence-corrected chi connectivity index (χ2v) is 4.28. The van der Waals surface area contributed by atoms with E-state index in [1.54, 1.807) is 19.1 Å². The number of carboxylic acids is 1. The van der Waals surface area contributed by atoms with Gasteiger partial charge in [0.1, 0.15) is 12.3 Å². The summed E-state index contributed by atoms with van der Waals surface area (Å²) in [5.41, 5.74) is 0.310. The van der Waals surface area contributed by atoms with Crippen LogP contribution in [0.3, 0.4) is 0 Å². The van der Waals surface area contributed by atoms with Crippen LogP contribution in [0, 0.1) is 0 Å². The molecule has 8 heteroatoms. The van der Waals surface area contributed by atoms with Crippen LogP contribution >= 0.6 is 0 Å². The molecule has 2 heterocycles. The number of nitrogens with zero attached hydrogens (tertiary/aromatic N) is 3. The van der Waals surface area contributed by atoms with E-state index < -0.39 is 5.97 Å². The molecule has 0 radical (unpaired) electrons. The van der Waals surface area contributed by atoms with Gasteiger partial charge in [0, 0.05) is 6.20 Å². The average molecular weight is 278 g/mol. The van der Waals surface area contributed by atoms with Crippen molar-refractivity contribution in [3.05, 3.63) is 36.0 Å². The number of hydrogen-bond acceptors (Lipinski definition) is 5. The van der Waals surface area contributed by atoms with Gasteiger partial charge in [-0.15, -0.1) is 5.10 Å². The Hall–Kier alpha value is -2.64. The molecule has 0 saturated heterocycles. The molecule has 0 aromatic carbocycles. The van der Waals surface area contributed by atoms with Crippen LogP contribution in [0.2, 0.25) is 0 Å². The van der Waals surface area contributed by atoms with Crippen molar-refractivity contribution < 1.29 is 19.1 Å². The number of nitrogens with one attached hydrogen (secondary N) is 1. The van der Waals surface area contributed by atoms with Crippen LogP contribution < -0.4 is 5.32 Å². The summed E-state index contributed by atoms with van der Waals surface area (Å²) in [5.74, 6) is -0.600. The lowest BCUT2D eigenvalue weighted by molar-refractivity contribution is -0.136. The SMILES string of the molecule is CC(NC(=O)Cn1cc(CC(=O)O)nn1)c1ccco1. The van der Waals surface area contributed by atoms with Gasteiger partial charge < -0.3 is 14.8 Å². The third-order valence-electron chi connectivity index (χ3n) is 2.57. The predicted octanol–water partition coefficient (Wildman–Crippen LogP) is 0.376. The zero-order chi connectivity index (χ0) is 14.5. The zero-order valence-corrected chi connectivity index (χ0v) is 10.8. The minimum Gasteiger partial charge on any atom is -0.481 e. The molecular formula is C12H14N4O4. The minimum atomic E-state index is -0.993. The second kappa shape index (κ2) is 6.00. The maximum Gasteiger partial charge on any atom is 0.309 e. The smallest absolute Gasteiger partial charge is 0.309 e. The van der Waals surface area contributed by atoms with E-state index in [0.29, 0.717) is 11.5 Å². The quantitative estimate of drug-likeness (QED) is 0.790. The number of rotatable bonds is 6. The van der Waals surface area contributed by atoms with Gasteiger partial charge in [0.05, 0.1) is 24.4 Å². The van der Waals surface area contributed by atoms with E-state index in [2.05, 4.69) is 15.6 Å². The fourth-order valence-corrected chi connectivity index (χ4v) is 1.69. The Bertz CT molecular complexity index is 590. The minimum absolute atomic E-state index is 0.0301. The number of hydrogen-bond donors (Lipinski definition) is 2. The lowest BCUT2D eigenvalue weighted by atomic mass is 10.2. The molecule has 0 aliphatic rings. The summed E-state index contributed by atoms with van der Waals surface area (Å²) in [6, 6.07) is 3.26. The van der Waals surface area contributed by atoms with Gasteiger partial charge in [-0.1, -0.05) is 5.21 Å². The molecule has 0 spiro atoms. The van der Waals surface area contributed by atoms with Gasteiger partial charge >= 0.3 is 5.97 Å². The van der Waals surface area contributed by atoms with E-state index in [9.17, 15) is 9.59 Å². The highest BCUT2D eigenvalue weighted by Crippen LogP contribution is 2.11. The number of carboxylic acid groups (broad SMARTS) is 1. The Labute approximate surface area is 114 Å². The predicted molar refractivity (Wildman–Crippen MR) is 66.6 cm³/mol. The summed E-state index contributed by atoms with van der Waals surface area (Å²) >= 11 is 0. The first kappa shape index (κ1) is 13.8. The molecule has 2 N–H and O–H groups in total. The molecule has 8 nitrogen and oxygen atoms in total. The van der Waals surface area contributed by atoms with Crippen molar-refractivity contribution in [2.24, 2.45) is 0 Å². The summed E-state index contributed by atoms with van der Waals surface area (Å²) in [6.07, 6.45) is 2.75.